The fourth-order valence-corrected chi connectivity index (χ4v) is 8.64. The zero-order chi connectivity index (χ0) is 25.8. The lowest BCUT2D eigenvalue weighted by atomic mass is 9.78. The number of hydrogen-bond acceptors (Lipinski definition) is 5. The minimum absolute atomic E-state index is 0.0317. The zero-order valence-corrected chi connectivity index (χ0v) is 22.3. The van der Waals surface area contributed by atoms with Crippen molar-refractivity contribution in [2.45, 2.75) is 49.3 Å². The number of hydrogen-bond donors (Lipinski definition) is 1. The fourth-order valence-electron chi connectivity index (χ4n) is 6.33. The highest BCUT2D eigenvalue weighted by Crippen LogP contribution is 2.61. The smallest absolute Gasteiger partial charge is 0.251 e. The van der Waals surface area contributed by atoms with Crippen LogP contribution < -0.4 is 4.90 Å². The predicted molar refractivity (Wildman–Crippen MR) is 142 cm³/mol. The van der Waals surface area contributed by atoms with Crippen LogP contribution >= 0.6 is 23.4 Å². The summed E-state index contributed by atoms with van der Waals surface area (Å²) in [5.41, 5.74) is 1.49. The largest absolute Gasteiger partial charge is 0.394 e. The van der Waals surface area contributed by atoms with Crippen molar-refractivity contribution in [3.63, 3.8) is 0 Å². The molecule has 0 bridgehead atoms. The number of halogens is 1. The summed E-state index contributed by atoms with van der Waals surface area (Å²) < 4.78 is -0.911. The molecule has 0 aliphatic carbocycles. The highest BCUT2D eigenvalue weighted by molar-refractivity contribution is 8.02. The van der Waals surface area contributed by atoms with Crippen LogP contribution in [0.2, 0.25) is 5.02 Å². The van der Waals surface area contributed by atoms with E-state index in [2.05, 4.69) is 0 Å². The van der Waals surface area contributed by atoms with E-state index in [1.165, 1.54) is 4.90 Å². The number of fused-ring (bicyclic) bond motifs is 2. The van der Waals surface area contributed by atoms with Gasteiger partial charge in [-0.1, -0.05) is 55.0 Å². The fraction of sp³-hybridized carbons (Fsp3) is 0.519. The molecule has 4 aliphatic rings. The van der Waals surface area contributed by atoms with E-state index in [0.717, 1.165) is 12.0 Å². The Labute approximate surface area is 221 Å². The molecule has 9 heteroatoms. The van der Waals surface area contributed by atoms with Gasteiger partial charge in [0.25, 0.3) is 5.91 Å². The highest BCUT2D eigenvalue weighted by atomic mass is 35.5. The Morgan fingerprint density at radius 1 is 1.17 bits per heavy atom. The molecule has 5 rings (SSSR count). The number of amides is 3. The molecule has 2 saturated heterocycles. The van der Waals surface area contributed by atoms with Gasteiger partial charge in [0, 0.05) is 24.9 Å². The van der Waals surface area contributed by atoms with E-state index in [1.54, 1.807) is 29.7 Å². The molecule has 36 heavy (non-hydrogen) atoms. The van der Waals surface area contributed by atoms with E-state index in [1.807, 2.05) is 55.2 Å². The summed E-state index contributed by atoms with van der Waals surface area (Å²) in [5.74, 6) is -1.75. The van der Waals surface area contributed by atoms with Gasteiger partial charge in [-0.15, -0.1) is 11.8 Å². The maximum absolute atomic E-state index is 14.4. The van der Waals surface area contributed by atoms with E-state index in [9.17, 15) is 19.5 Å². The first kappa shape index (κ1) is 25.4. The van der Waals surface area contributed by atoms with Gasteiger partial charge in [-0.2, -0.15) is 0 Å². The molecule has 1 aromatic rings. The highest BCUT2D eigenvalue weighted by Gasteiger charge is 2.71. The Morgan fingerprint density at radius 2 is 1.94 bits per heavy atom. The predicted octanol–water partition coefficient (Wildman–Crippen LogP) is 3.04. The standard InChI is InChI=1S/C27H32ClN3O4S/c1-4-12-29-13-6-10-19-20(24(29)33)21-25(34)31(17(3)15-32)23-26(35)30(14-7-11-27(21,23)36-19)22-16(2)8-5-9-18(22)28/h5-11,17,19-21,23,32H,4,12-15H2,1-3H3/t17-,19-,20+,21+,23?,27+/m1/s1. The summed E-state index contributed by atoms with van der Waals surface area (Å²) in [6.45, 7) is 6.88. The van der Waals surface area contributed by atoms with E-state index in [4.69, 9.17) is 11.6 Å². The van der Waals surface area contributed by atoms with E-state index in [-0.39, 0.29) is 29.6 Å². The van der Waals surface area contributed by atoms with Crippen molar-refractivity contribution in [1.82, 2.24) is 9.80 Å². The first-order chi connectivity index (χ1) is 17.3. The SMILES string of the molecule is CCCN1CC=C[C@H]2S[C@]34C=CCN(c5c(C)cccc5Cl)C(=O)C3N([C@H](C)CO)C(=O)[C@@H]4[C@H]2C1=O. The summed E-state index contributed by atoms with van der Waals surface area (Å²) >= 11 is 8.11. The van der Waals surface area contributed by atoms with Crippen LogP contribution in [-0.2, 0) is 14.4 Å². The molecule has 0 aromatic heterocycles. The second-order valence-electron chi connectivity index (χ2n) is 10.1. The Bertz CT molecular complexity index is 1140. The Balaban J connectivity index is 1.64. The van der Waals surface area contributed by atoms with Crippen LogP contribution in [0.5, 0.6) is 0 Å². The van der Waals surface area contributed by atoms with Crippen molar-refractivity contribution in [3.05, 3.63) is 53.1 Å². The minimum atomic E-state index is -0.911. The van der Waals surface area contributed by atoms with Gasteiger partial charge in [0.05, 0.1) is 39.9 Å². The molecule has 3 amide bonds. The van der Waals surface area contributed by atoms with Crippen molar-refractivity contribution < 1.29 is 19.5 Å². The van der Waals surface area contributed by atoms with Crippen molar-refractivity contribution >= 4 is 46.8 Å². The average molecular weight is 530 g/mol. The van der Waals surface area contributed by atoms with Gasteiger partial charge in [-0.25, -0.2) is 0 Å². The third kappa shape index (κ3) is 3.63. The van der Waals surface area contributed by atoms with Crippen LogP contribution in [-0.4, -0.2) is 80.9 Å². The number of aliphatic hydroxyl groups excluding tert-OH is 1. The number of likely N-dealkylation sites (tertiary alicyclic amines) is 1. The molecular weight excluding hydrogens is 498 g/mol. The lowest BCUT2D eigenvalue weighted by Crippen LogP contribution is -2.56. The van der Waals surface area contributed by atoms with Gasteiger partial charge in [0.2, 0.25) is 11.8 Å². The van der Waals surface area contributed by atoms with Crippen molar-refractivity contribution in [3.8, 4) is 0 Å². The Morgan fingerprint density at radius 3 is 2.64 bits per heavy atom. The number of carbonyl (C=O) groups excluding carboxylic acids is 3. The average Bonchev–Trinajstić information content (AvgIpc) is 3.18. The molecule has 1 spiro atoms. The molecule has 192 valence electrons. The van der Waals surface area contributed by atoms with Gasteiger partial charge in [-0.05, 0) is 31.9 Å². The number of para-hydroxylation sites is 1. The van der Waals surface area contributed by atoms with Crippen LogP contribution in [0, 0.1) is 18.8 Å². The first-order valence-corrected chi connectivity index (χ1v) is 13.8. The third-order valence-corrected chi connectivity index (χ3v) is 9.92. The van der Waals surface area contributed by atoms with Gasteiger partial charge < -0.3 is 19.8 Å². The maximum Gasteiger partial charge on any atom is 0.251 e. The topological polar surface area (TPSA) is 81.2 Å². The molecule has 0 radical (unpaired) electrons. The molecule has 6 atom stereocenters. The summed E-state index contributed by atoms with van der Waals surface area (Å²) in [6, 6.07) is 4.08. The van der Waals surface area contributed by atoms with Crippen LogP contribution in [0.1, 0.15) is 25.8 Å². The van der Waals surface area contributed by atoms with Gasteiger partial charge >= 0.3 is 0 Å². The monoisotopic (exact) mass is 529 g/mol. The summed E-state index contributed by atoms with van der Waals surface area (Å²) in [7, 11) is 0. The van der Waals surface area contributed by atoms with Crippen LogP contribution in [0.4, 0.5) is 5.69 Å². The molecule has 4 aliphatic heterocycles. The number of carbonyl (C=O) groups is 3. The second kappa shape index (κ2) is 9.54. The number of nitrogens with zero attached hydrogens (tertiary/aromatic N) is 3. The zero-order valence-electron chi connectivity index (χ0n) is 20.8. The quantitative estimate of drug-likeness (QED) is 0.593. The number of benzene rings is 1. The van der Waals surface area contributed by atoms with Crippen molar-refractivity contribution in [2.24, 2.45) is 11.8 Å². The second-order valence-corrected chi connectivity index (χ2v) is 12.0. The molecule has 4 heterocycles. The number of aryl methyl sites for hydroxylation is 1. The van der Waals surface area contributed by atoms with E-state index in [0.29, 0.717) is 30.3 Å². The minimum Gasteiger partial charge on any atom is -0.394 e. The molecule has 1 unspecified atom stereocenters. The lowest BCUT2D eigenvalue weighted by Gasteiger charge is -2.37. The molecular formula is C27H32ClN3O4S. The van der Waals surface area contributed by atoms with Crippen molar-refractivity contribution in [1.29, 1.82) is 0 Å². The molecule has 2 fully saturated rings. The molecule has 7 nitrogen and oxygen atoms in total. The normalized spacial score (nSPS) is 32.4. The van der Waals surface area contributed by atoms with Gasteiger partial charge in [0.1, 0.15) is 6.04 Å². The van der Waals surface area contributed by atoms with Gasteiger partial charge in [-0.3, -0.25) is 14.4 Å². The first-order valence-electron chi connectivity index (χ1n) is 12.6. The summed E-state index contributed by atoms with van der Waals surface area (Å²) in [6.07, 6.45) is 8.80. The Kier molecular flexibility index (Phi) is 6.72. The van der Waals surface area contributed by atoms with Gasteiger partial charge in [0.15, 0.2) is 0 Å². The van der Waals surface area contributed by atoms with E-state index < -0.39 is 28.7 Å². The Hall–Kier alpha value is -2.29. The number of rotatable bonds is 5. The van der Waals surface area contributed by atoms with Crippen molar-refractivity contribution in [2.75, 3.05) is 31.1 Å². The molecule has 0 saturated carbocycles. The number of thioether (sulfide) groups is 1. The third-order valence-electron chi connectivity index (χ3n) is 7.87. The van der Waals surface area contributed by atoms with Crippen LogP contribution in [0.25, 0.3) is 0 Å². The summed E-state index contributed by atoms with van der Waals surface area (Å²) in [4.78, 5) is 47.3. The van der Waals surface area contributed by atoms with E-state index >= 15 is 0 Å². The number of aliphatic hydroxyl groups is 1. The maximum atomic E-state index is 14.4. The van der Waals surface area contributed by atoms with Crippen LogP contribution in [0.3, 0.4) is 0 Å². The number of anilines is 1. The molecule has 1 N–H and O–H groups in total. The molecule has 1 aromatic carbocycles. The van der Waals surface area contributed by atoms with Crippen LogP contribution in [0.15, 0.2) is 42.5 Å². The lowest BCUT2D eigenvalue weighted by molar-refractivity contribution is -0.144. The summed E-state index contributed by atoms with van der Waals surface area (Å²) in [5, 5.41) is 10.3.